The van der Waals surface area contributed by atoms with E-state index in [1.54, 1.807) is 18.2 Å². The van der Waals surface area contributed by atoms with Crippen LogP contribution in [0.5, 0.6) is 17.2 Å². The lowest BCUT2D eigenvalue weighted by molar-refractivity contribution is -0.366. The van der Waals surface area contributed by atoms with Crippen molar-refractivity contribution in [1.29, 1.82) is 0 Å². The molecular formula is C15H12NO4+. The van der Waals surface area contributed by atoms with E-state index in [4.69, 9.17) is 9.47 Å². The molecule has 0 aromatic heterocycles. The van der Waals surface area contributed by atoms with Gasteiger partial charge in [-0.1, -0.05) is 18.2 Å². The van der Waals surface area contributed by atoms with Gasteiger partial charge in [0.2, 0.25) is 5.69 Å². The second-order valence-corrected chi connectivity index (χ2v) is 4.17. The molecular weight excluding hydrogens is 258 g/mol. The Balaban J connectivity index is 1.86. The topological polar surface area (TPSA) is 72.9 Å². The maximum absolute atomic E-state index is 9.99. The molecule has 0 spiro atoms. The summed E-state index contributed by atoms with van der Waals surface area (Å²) in [5.74, 6) is 0.823. The summed E-state index contributed by atoms with van der Waals surface area (Å²) in [6.45, 7) is 0. The summed E-state index contributed by atoms with van der Waals surface area (Å²) >= 11 is 0. The van der Waals surface area contributed by atoms with Gasteiger partial charge in [-0.3, -0.25) is 0 Å². The van der Waals surface area contributed by atoms with Crippen LogP contribution in [0.2, 0.25) is 0 Å². The molecule has 0 unspecified atom stereocenters. The summed E-state index contributed by atoms with van der Waals surface area (Å²) in [6, 6.07) is 13.7. The van der Waals surface area contributed by atoms with Gasteiger partial charge in [0.1, 0.15) is 12.0 Å². The van der Waals surface area contributed by atoms with Crippen LogP contribution in [0.4, 0.5) is 5.69 Å². The smallest absolute Gasteiger partial charge is 0.411 e. The number of benzene rings is 2. The molecule has 100 valence electrons. The maximum Gasteiger partial charge on any atom is 0.411 e. The van der Waals surface area contributed by atoms with Crippen LogP contribution >= 0.6 is 0 Å². The molecule has 2 aromatic carbocycles. The molecule has 1 aliphatic rings. The average molecular weight is 270 g/mol. The lowest BCUT2D eigenvalue weighted by atomic mass is 10.3. The average Bonchev–Trinajstić information content (AvgIpc) is 2.47. The van der Waals surface area contributed by atoms with Gasteiger partial charge in [-0.05, 0) is 12.1 Å². The van der Waals surface area contributed by atoms with Gasteiger partial charge in [0, 0.05) is 18.2 Å². The number of fused-ring (bicyclic) bond motifs is 1. The van der Waals surface area contributed by atoms with Crippen LogP contribution in [-0.2, 0) is 0 Å². The van der Waals surface area contributed by atoms with Crippen LogP contribution in [-0.4, -0.2) is 16.1 Å². The molecule has 3 rings (SSSR count). The van der Waals surface area contributed by atoms with Crippen molar-refractivity contribution in [3.63, 3.8) is 0 Å². The van der Waals surface area contributed by atoms with E-state index in [1.807, 2.05) is 18.2 Å². The highest BCUT2D eigenvalue weighted by Crippen LogP contribution is 2.35. The molecule has 5 heteroatoms. The van der Waals surface area contributed by atoms with E-state index >= 15 is 0 Å². The van der Waals surface area contributed by atoms with Crippen molar-refractivity contribution in [3.05, 3.63) is 60.6 Å². The van der Waals surface area contributed by atoms with Crippen LogP contribution < -0.4 is 14.5 Å². The van der Waals surface area contributed by atoms with Gasteiger partial charge in [0.15, 0.2) is 11.5 Å². The van der Waals surface area contributed by atoms with Crippen LogP contribution in [0.15, 0.2) is 60.6 Å². The molecule has 0 atom stereocenters. The highest BCUT2D eigenvalue weighted by atomic mass is 16.6. The Hall–Kier alpha value is -2.95. The molecule has 1 heterocycles. The first-order chi connectivity index (χ1) is 9.72. The summed E-state index contributed by atoms with van der Waals surface area (Å²) in [5.41, 5.74) is 0.719. The summed E-state index contributed by atoms with van der Waals surface area (Å²) in [7, 11) is 0. The molecule has 0 saturated heterocycles. The van der Waals surface area contributed by atoms with Gasteiger partial charge in [0.05, 0.1) is 0 Å². The molecule has 1 aliphatic heterocycles. The molecule has 0 amide bonds. The van der Waals surface area contributed by atoms with Crippen molar-refractivity contribution in [2.24, 2.45) is 0 Å². The van der Waals surface area contributed by atoms with E-state index in [0.717, 1.165) is 5.69 Å². The number of rotatable bonds is 2. The zero-order chi connectivity index (χ0) is 13.9. The standard InChI is InChI=1S/C15H11NO4/c17-11-6-7-12-13(8-11)20-14(9-19-12)15(18)16-10-4-2-1-3-5-10/h1-9,17H,(H,16,18)/p+1. The predicted molar refractivity (Wildman–Crippen MR) is 72.1 cm³/mol. The van der Waals surface area contributed by atoms with Gasteiger partial charge < -0.3 is 19.7 Å². The number of aromatic hydroxyl groups is 1. The van der Waals surface area contributed by atoms with Gasteiger partial charge in [0.25, 0.3) is 5.76 Å². The van der Waals surface area contributed by atoms with Crippen molar-refractivity contribution >= 4 is 11.6 Å². The number of aliphatic hydroxyl groups is 1. The lowest BCUT2D eigenvalue weighted by Crippen LogP contribution is -2.67. The van der Waals surface area contributed by atoms with Gasteiger partial charge >= 0.3 is 5.90 Å². The molecule has 0 saturated carbocycles. The number of phenols is 1. The Bertz CT molecular complexity index is 692. The molecule has 20 heavy (non-hydrogen) atoms. The zero-order valence-electron chi connectivity index (χ0n) is 10.4. The van der Waals surface area contributed by atoms with Crippen LogP contribution in [0.1, 0.15) is 0 Å². The molecule has 0 bridgehead atoms. The minimum absolute atomic E-state index is 0.0594. The number of aliphatic hydroxyl groups excluding tert-OH is 1. The minimum atomic E-state index is -0.176. The van der Waals surface area contributed by atoms with E-state index in [0.29, 0.717) is 11.5 Å². The van der Waals surface area contributed by atoms with Crippen LogP contribution in [0, 0.1) is 0 Å². The van der Waals surface area contributed by atoms with Crippen LogP contribution in [0.25, 0.3) is 0 Å². The summed E-state index contributed by atoms with van der Waals surface area (Å²) in [5, 5.41) is 19.4. The SMILES string of the molecule is OC(=[NH+]c1ccccc1)C1=COc2ccc(O)cc2O1. The van der Waals surface area contributed by atoms with E-state index < -0.39 is 0 Å². The monoisotopic (exact) mass is 270 g/mol. The van der Waals surface area contributed by atoms with Crippen LogP contribution in [0.3, 0.4) is 0 Å². The largest absolute Gasteiger partial charge is 0.508 e. The molecule has 0 radical (unpaired) electrons. The van der Waals surface area contributed by atoms with Gasteiger partial charge in [-0.15, -0.1) is 0 Å². The highest BCUT2D eigenvalue weighted by Gasteiger charge is 2.22. The van der Waals surface area contributed by atoms with Crippen molar-refractivity contribution in [2.75, 3.05) is 0 Å². The molecule has 2 aromatic rings. The number of nitrogens with one attached hydrogen (secondary N) is 1. The van der Waals surface area contributed by atoms with E-state index in [9.17, 15) is 10.2 Å². The normalized spacial score (nSPS) is 13.8. The van der Waals surface area contributed by atoms with Gasteiger partial charge in [-0.2, -0.15) is 4.99 Å². The molecule has 3 N–H and O–H groups in total. The fourth-order valence-electron chi connectivity index (χ4n) is 1.76. The van der Waals surface area contributed by atoms with Gasteiger partial charge in [-0.25, -0.2) is 0 Å². The van der Waals surface area contributed by atoms with E-state index in [-0.39, 0.29) is 17.4 Å². The first kappa shape index (κ1) is 12.1. The molecule has 5 nitrogen and oxygen atoms in total. The first-order valence-electron chi connectivity index (χ1n) is 5.98. The predicted octanol–water partition coefficient (Wildman–Crippen LogP) is 1.37. The third kappa shape index (κ3) is 2.42. The quantitative estimate of drug-likeness (QED) is 0.569. The first-order valence-corrected chi connectivity index (χ1v) is 5.98. The number of hydrogen-bond acceptors (Lipinski definition) is 3. The highest BCUT2D eigenvalue weighted by molar-refractivity contribution is 5.86. The Morgan fingerprint density at radius 3 is 2.60 bits per heavy atom. The van der Waals surface area contributed by atoms with Crippen molar-refractivity contribution in [3.8, 4) is 17.2 Å². The Morgan fingerprint density at radius 2 is 1.80 bits per heavy atom. The number of ether oxygens (including phenoxy) is 2. The Morgan fingerprint density at radius 1 is 1.00 bits per heavy atom. The number of hydrogen-bond donors (Lipinski definition) is 3. The molecule has 0 aliphatic carbocycles. The Labute approximate surface area is 115 Å². The van der Waals surface area contributed by atoms with Crippen molar-refractivity contribution in [1.82, 2.24) is 0 Å². The minimum Gasteiger partial charge on any atom is -0.508 e. The summed E-state index contributed by atoms with van der Waals surface area (Å²) in [4.78, 5) is 2.79. The maximum atomic E-state index is 9.99. The molecule has 0 fully saturated rings. The second kappa shape index (κ2) is 4.97. The fourth-order valence-corrected chi connectivity index (χ4v) is 1.76. The Kier molecular flexibility index (Phi) is 3.01. The third-order valence-electron chi connectivity index (χ3n) is 2.71. The van der Waals surface area contributed by atoms with E-state index in [2.05, 4.69) is 4.99 Å². The lowest BCUT2D eigenvalue weighted by Gasteiger charge is -2.15. The zero-order valence-corrected chi connectivity index (χ0v) is 10.4. The van der Waals surface area contributed by atoms with E-state index in [1.165, 1.54) is 18.4 Å². The van der Waals surface area contributed by atoms with Crippen molar-refractivity contribution in [2.45, 2.75) is 0 Å². The van der Waals surface area contributed by atoms with Crippen molar-refractivity contribution < 1.29 is 24.7 Å². The second-order valence-electron chi connectivity index (χ2n) is 4.17. The summed E-state index contributed by atoms with van der Waals surface area (Å²) in [6.07, 6.45) is 1.30. The fraction of sp³-hybridized carbons (Fsp3) is 0. The summed E-state index contributed by atoms with van der Waals surface area (Å²) < 4.78 is 10.8. The third-order valence-corrected chi connectivity index (χ3v) is 2.71. The number of para-hydroxylation sites is 1. The number of phenolic OH excluding ortho intramolecular Hbond substituents is 1.